The van der Waals surface area contributed by atoms with Gasteiger partial charge in [-0.05, 0) is 45.4 Å². The minimum absolute atomic E-state index is 0.138. The molecule has 0 saturated carbocycles. The van der Waals surface area contributed by atoms with Crippen LogP contribution in [-0.4, -0.2) is 16.7 Å². The first-order chi connectivity index (χ1) is 12.1. The third kappa shape index (κ3) is 5.11. The normalized spacial score (nSPS) is 11.2. The summed E-state index contributed by atoms with van der Waals surface area (Å²) < 4.78 is 50.9. The fourth-order valence-electron chi connectivity index (χ4n) is 1.99. The van der Waals surface area contributed by atoms with E-state index in [-0.39, 0.29) is 12.3 Å². The van der Waals surface area contributed by atoms with Crippen LogP contribution in [0, 0.1) is 24.5 Å². The summed E-state index contributed by atoms with van der Waals surface area (Å²) in [6, 6.07) is 6.31. The zero-order valence-corrected chi connectivity index (χ0v) is 14.8. The monoisotopic (exact) mass is 370 g/mol. The molecule has 8 heteroatoms. The van der Waals surface area contributed by atoms with Crippen LogP contribution in [0.5, 0.6) is 11.6 Å². The molecule has 1 aromatic carbocycles. The highest BCUT2D eigenvalue weighted by Crippen LogP contribution is 2.27. The second-order valence-corrected chi connectivity index (χ2v) is 6.57. The molecule has 5 nitrogen and oxygen atoms in total. The first-order valence-electron chi connectivity index (χ1n) is 7.81. The van der Waals surface area contributed by atoms with Gasteiger partial charge in [0.05, 0.1) is 0 Å². The van der Waals surface area contributed by atoms with E-state index in [1.807, 2.05) is 0 Å². The summed E-state index contributed by atoms with van der Waals surface area (Å²) >= 11 is 0. The molecule has 0 radical (unpaired) electrons. The number of carbonyl (C=O) groups is 1. The van der Waals surface area contributed by atoms with Gasteiger partial charge < -0.3 is 14.8 Å². The van der Waals surface area contributed by atoms with Gasteiger partial charge in [0, 0.05) is 12.1 Å². The number of nitrogens with one attached hydrogen (secondary N) is 1. The fraction of sp³-hybridized carbons (Fsp3) is 0.333. The van der Waals surface area contributed by atoms with Gasteiger partial charge in [-0.25, -0.2) is 13.6 Å². The molecule has 0 aliphatic heterocycles. The zero-order valence-electron chi connectivity index (χ0n) is 14.8. The van der Waals surface area contributed by atoms with Crippen LogP contribution in [0.3, 0.4) is 0 Å². The SMILES string of the molecule is Cc1c(F)c(F)nc(Oc2cccc([13CH2][15NH]C(=O)OC(C)(C)C)c2)c1F. The summed E-state index contributed by atoms with van der Waals surface area (Å²) in [7, 11) is 0. The molecule has 0 fully saturated rings. The summed E-state index contributed by atoms with van der Waals surface area (Å²) in [4.78, 5) is 14.8. The van der Waals surface area contributed by atoms with Crippen LogP contribution >= 0.6 is 0 Å². The Morgan fingerprint density at radius 2 is 1.88 bits per heavy atom. The van der Waals surface area contributed by atoms with Gasteiger partial charge in [0.15, 0.2) is 11.6 Å². The van der Waals surface area contributed by atoms with Crippen molar-refractivity contribution in [2.24, 2.45) is 0 Å². The van der Waals surface area contributed by atoms with E-state index in [1.165, 1.54) is 12.1 Å². The van der Waals surface area contributed by atoms with Gasteiger partial charge in [-0.2, -0.15) is 9.37 Å². The molecule has 1 aromatic heterocycles. The first-order valence-corrected chi connectivity index (χ1v) is 7.81. The van der Waals surface area contributed by atoms with E-state index in [1.54, 1.807) is 32.9 Å². The smallest absolute Gasteiger partial charge is 0.407 e. The van der Waals surface area contributed by atoms with Crippen molar-refractivity contribution in [2.75, 3.05) is 0 Å². The lowest BCUT2D eigenvalue weighted by atomic mass is 10.2. The second kappa shape index (κ2) is 7.63. The van der Waals surface area contributed by atoms with E-state index in [9.17, 15) is 18.0 Å². The Kier molecular flexibility index (Phi) is 5.74. The average Bonchev–Trinajstić information content (AvgIpc) is 2.55. The molecule has 0 atom stereocenters. The number of aromatic nitrogens is 1. The molecule has 2 rings (SSSR count). The predicted molar refractivity (Wildman–Crippen MR) is 88.4 cm³/mol. The summed E-state index contributed by atoms with van der Waals surface area (Å²) in [5.74, 6) is -4.39. The first kappa shape index (κ1) is 19.6. The quantitative estimate of drug-likeness (QED) is 0.485. The third-order valence-corrected chi connectivity index (χ3v) is 3.18. The Labute approximate surface area is 149 Å². The Morgan fingerprint density at radius 3 is 2.54 bits per heavy atom. The minimum Gasteiger partial charge on any atom is -0.444 e. The summed E-state index contributed by atoms with van der Waals surface area (Å²) in [5.41, 5.74) is -0.508. The van der Waals surface area contributed by atoms with Crippen LogP contribution in [0.4, 0.5) is 18.0 Å². The largest absolute Gasteiger partial charge is 0.444 e. The van der Waals surface area contributed by atoms with Gasteiger partial charge in [-0.1, -0.05) is 12.1 Å². The van der Waals surface area contributed by atoms with Crippen LogP contribution in [-0.2, 0) is 11.3 Å². The third-order valence-electron chi connectivity index (χ3n) is 3.18. The maximum atomic E-state index is 14.0. The van der Waals surface area contributed by atoms with Crippen molar-refractivity contribution in [3.05, 3.63) is 53.0 Å². The number of hydrogen-bond acceptors (Lipinski definition) is 4. The highest BCUT2D eigenvalue weighted by molar-refractivity contribution is 5.67. The van der Waals surface area contributed by atoms with E-state index in [0.717, 1.165) is 6.92 Å². The molecule has 0 unspecified atom stereocenters. The van der Waals surface area contributed by atoms with Crippen LogP contribution in [0.25, 0.3) is 0 Å². The van der Waals surface area contributed by atoms with Gasteiger partial charge in [0.1, 0.15) is 11.4 Å². The number of benzene rings is 1. The number of hydrogen-bond donors (Lipinski definition) is 1. The average molecular weight is 370 g/mol. The van der Waals surface area contributed by atoms with Gasteiger partial charge in [0.2, 0.25) is 0 Å². The topological polar surface area (TPSA) is 60.5 Å². The van der Waals surface area contributed by atoms with Crippen molar-refractivity contribution in [3.8, 4) is 11.6 Å². The van der Waals surface area contributed by atoms with E-state index >= 15 is 0 Å². The maximum absolute atomic E-state index is 14.0. The molecule has 1 amide bonds. The van der Waals surface area contributed by atoms with Crippen LogP contribution in [0.15, 0.2) is 24.3 Å². The molecule has 1 N–H and O–H groups in total. The highest BCUT2D eigenvalue weighted by Gasteiger charge is 2.19. The fourth-order valence-corrected chi connectivity index (χ4v) is 1.99. The molecular weight excluding hydrogens is 351 g/mol. The zero-order chi connectivity index (χ0) is 19.5. The number of carbonyl (C=O) groups excluding carboxylic acids is 1. The molecule has 1 heterocycles. The van der Waals surface area contributed by atoms with Crippen molar-refractivity contribution >= 4 is 6.09 Å². The van der Waals surface area contributed by atoms with Gasteiger partial charge in [-0.15, -0.1) is 0 Å². The van der Waals surface area contributed by atoms with Crippen molar-refractivity contribution < 1.29 is 27.4 Å². The molecule has 0 aliphatic rings. The molecule has 2 aromatic rings. The van der Waals surface area contributed by atoms with Crippen molar-refractivity contribution in [3.63, 3.8) is 0 Å². The molecule has 0 spiro atoms. The van der Waals surface area contributed by atoms with Crippen molar-refractivity contribution in [2.45, 2.75) is 39.8 Å². The lowest BCUT2D eigenvalue weighted by Crippen LogP contribution is -2.32. The molecular formula is C18H19F3N2O3. The van der Waals surface area contributed by atoms with Crippen LogP contribution in [0.1, 0.15) is 31.9 Å². The number of nitrogens with zero attached hydrogens (tertiary/aromatic N) is 1. The van der Waals surface area contributed by atoms with Crippen molar-refractivity contribution in [1.82, 2.24) is 10.3 Å². The number of ether oxygens (including phenoxy) is 2. The Morgan fingerprint density at radius 1 is 1.19 bits per heavy atom. The Balaban J connectivity index is 2.09. The number of halogens is 3. The minimum atomic E-state index is -1.44. The maximum Gasteiger partial charge on any atom is 0.407 e. The molecule has 26 heavy (non-hydrogen) atoms. The Hall–Kier alpha value is -2.77. The van der Waals surface area contributed by atoms with Gasteiger partial charge in [0.25, 0.3) is 11.8 Å². The number of amides is 1. The summed E-state index contributed by atoms with van der Waals surface area (Å²) in [6.07, 6.45) is -0.590. The summed E-state index contributed by atoms with van der Waals surface area (Å²) in [5, 5.41) is 2.57. The lowest BCUT2D eigenvalue weighted by Gasteiger charge is -2.19. The Bertz CT molecular complexity index is 820. The van der Waals surface area contributed by atoms with E-state index < -0.39 is 40.7 Å². The molecule has 0 saturated heterocycles. The predicted octanol–water partition coefficient (Wildman–Crippen LogP) is 4.62. The standard InChI is InChI=1S/C18H19F3N2O3/c1-10-13(19)15(21)23-16(14(10)20)25-12-7-5-6-11(8-12)9-22-17(24)26-18(2,3)4/h5-8H,9H2,1-4H3,(H,22,24)/i9+1,22+1. The van der Waals surface area contributed by atoms with Gasteiger partial charge >= 0.3 is 6.09 Å². The molecule has 0 bridgehead atoms. The van der Waals surface area contributed by atoms with Crippen LogP contribution in [0.2, 0.25) is 0 Å². The van der Waals surface area contributed by atoms with E-state index in [0.29, 0.717) is 5.56 Å². The van der Waals surface area contributed by atoms with Crippen LogP contribution < -0.4 is 10.1 Å². The summed E-state index contributed by atoms with van der Waals surface area (Å²) in [6.45, 7) is 6.45. The molecule has 140 valence electrons. The number of pyridine rings is 1. The lowest BCUT2D eigenvalue weighted by molar-refractivity contribution is 0.0523. The van der Waals surface area contributed by atoms with E-state index in [4.69, 9.17) is 9.47 Å². The van der Waals surface area contributed by atoms with E-state index in [2.05, 4.69) is 10.3 Å². The second-order valence-electron chi connectivity index (χ2n) is 6.57. The van der Waals surface area contributed by atoms with Crippen molar-refractivity contribution in [1.29, 1.82) is 0 Å². The number of rotatable bonds is 4. The number of alkyl carbamates (subject to hydrolysis) is 1. The highest BCUT2D eigenvalue weighted by atomic mass is 19.2. The molecule has 0 aliphatic carbocycles. The van der Waals surface area contributed by atoms with Gasteiger partial charge in [-0.3, -0.25) is 0 Å².